The number of aromatic nitrogens is 2. The minimum atomic E-state index is -0.0177. The van der Waals surface area contributed by atoms with E-state index >= 15 is 0 Å². The molecule has 3 aromatic rings. The highest BCUT2D eigenvalue weighted by molar-refractivity contribution is 5.66. The largest absolute Gasteiger partial charge is 0.490 e. The second kappa shape index (κ2) is 10.2. The molecule has 172 valence electrons. The number of nitriles is 1. The van der Waals surface area contributed by atoms with Crippen LogP contribution in [0.4, 0.5) is 0 Å². The molecule has 33 heavy (non-hydrogen) atoms. The summed E-state index contributed by atoms with van der Waals surface area (Å²) in [7, 11) is 0. The summed E-state index contributed by atoms with van der Waals surface area (Å²) < 4.78 is 11.3. The second-order valence-electron chi connectivity index (χ2n) is 8.71. The molecule has 0 saturated heterocycles. The van der Waals surface area contributed by atoms with Crippen molar-refractivity contribution in [3.05, 3.63) is 52.6 Å². The van der Waals surface area contributed by atoms with E-state index in [1.165, 1.54) is 16.7 Å². The van der Waals surface area contributed by atoms with E-state index in [-0.39, 0.29) is 12.7 Å². The summed E-state index contributed by atoms with van der Waals surface area (Å²) in [5.74, 6) is 1.47. The second-order valence-corrected chi connectivity index (χ2v) is 8.71. The first kappa shape index (κ1) is 23.0. The molecule has 0 atom stereocenters. The highest BCUT2D eigenvalue weighted by Crippen LogP contribution is 2.31. The van der Waals surface area contributed by atoms with Crippen LogP contribution in [0.1, 0.15) is 42.5 Å². The molecule has 0 radical (unpaired) electrons. The Kier molecular flexibility index (Phi) is 7.07. The minimum Gasteiger partial charge on any atom is -0.490 e. The van der Waals surface area contributed by atoms with Crippen molar-refractivity contribution in [2.75, 3.05) is 26.2 Å². The highest BCUT2D eigenvalue weighted by atomic mass is 16.5. The quantitative estimate of drug-likeness (QED) is 0.582. The Morgan fingerprint density at radius 3 is 2.79 bits per heavy atom. The molecule has 0 spiro atoms. The van der Waals surface area contributed by atoms with E-state index in [0.717, 1.165) is 44.5 Å². The average molecular weight is 447 g/mol. The van der Waals surface area contributed by atoms with Crippen LogP contribution in [0.25, 0.3) is 22.8 Å². The summed E-state index contributed by atoms with van der Waals surface area (Å²) in [4.78, 5) is 7.06. The first-order chi connectivity index (χ1) is 16.0. The molecule has 0 bridgehead atoms. The summed E-state index contributed by atoms with van der Waals surface area (Å²) in [6, 6.07) is 11.8. The summed E-state index contributed by atoms with van der Waals surface area (Å²) in [5, 5.41) is 22.9. The zero-order chi connectivity index (χ0) is 23.4. The van der Waals surface area contributed by atoms with Crippen LogP contribution >= 0.6 is 0 Å². The molecule has 2 heterocycles. The van der Waals surface area contributed by atoms with Crippen LogP contribution in [0.5, 0.6) is 5.75 Å². The van der Waals surface area contributed by atoms with Gasteiger partial charge in [-0.15, -0.1) is 0 Å². The van der Waals surface area contributed by atoms with Gasteiger partial charge >= 0.3 is 0 Å². The van der Waals surface area contributed by atoms with Gasteiger partial charge in [0.25, 0.3) is 5.89 Å². The number of fused-ring (bicyclic) bond motifs is 1. The highest BCUT2D eigenvalue weighted by Gasteiger charge is 2.20. The Morgan fingerprint density at radius 2 is 2.03 bits per heavy atom. The zero-order valence-corrected chi connectivity index (χ0v) is 19.5. The third-order valence-electron chi connectivity index (χ3n) is 6.08. The molecule has 2 aromatic carbocycles. The van der Waals surface area contributed by atoms with Gasteiger partial charge < -0.3 is 19.3 Å². The number of ether oxygens (including phenoxy) is 1. The molecule has 7 heteroatoms. The Morgan fingerprint density at radius 1 is 1.21 bits per heavy atom. The lowest BCUT2D eigenvalue weighted by molar-refractivity contribution is 0.229. The van der Waals surface area contributed by atoms with Crippen LogP contribution in [-0.2, 0) is 12.8 Å². The van der Waals surface area contributed by atoms with Gasteiger partial charge in [0, 0.05) is 37.4 Å². The van der Waals surface area contributed by atoms with Crippen molar-refractivity contribution >= 4 is 0 Å². The van der Waals surface area contributed by atoms with Crippen molar-refractivity contribution < 1.29 is 14.4 Å². The molecule has 0 aliphatic carbocycles. The van der Waals surface area contributed by atoms with Gasteiger partial charge in [0.2, 0.25) is 5.82 Å². The molecule has 0 unspecified atom stereocenters. The molecule has 4 rings (SSSR count). The maximum absolute atomic E-state index is 9.51. The fourth-order valence-electron chi connectivity index (χ4n) is 4.37. The van der Waals surface area contributed by atoms with Gasteiger partial charge in [0.05, 0.1) is 11.7 Å². The van der Waals surface area contributed by atoms with Crippen LogP contribution in [0.15, 0.2) is 34.9 Å². The topological polar surface area (TPSA) is 95.4 Å². The van der Waals surface area contributed by atoms with Crippen LogP contribution < -0.4 is 4.74 Å². The molecule has 0 fully saturated rings. The zero-order valence-electron chi connectivity index (χ0n) is 19.5. The third kappa shape index (κ3) is 5.08. The van der Waals surface area contributed by atoms with Crippen molar-refractivity contribution in [2.24, 2.45) is 0 Å². The van der Waals surface area contributed by atoms with E-state index < -0.39 is 0 Å². The van der Waals surface area contributed by atoms with E-state index in [4.69, 9.17) is 14.4 Å². The summed E-state index contributed by atoms with van der Waals surface area (Å²) in [6.07, 6.45) is 2.76. The van der Waals surface area contributed by atoms with Gasteiger partial charge in [0.1, 0.15) is 11.8 Å². The Labute approximate surface area is 194 Å². The van der Waals surface area contributed by atoms with Crippen molar-refractivity contribution in [3.63, 3.8) is 0 Å². The fourth-order valence-corrected chi connectivity index (χ4v) is 4.37. The van der Waals surface area contributed by atoms with Crippen LogP contribution in [-0.4, -0.2) is 52.5 Å². The van der Waals surface area contributed by atoms with Crippen LogP contribution in [0.2, 0.25) is 0 Å². The van der Waals surface area contributed by atoms with E-state index in [9.17, 15) is 5.26 Å². The van der Waals surface area contributed by atoms with Gasteiger partial charge in [0.15, 0.2) is 0 Å². The molecular formula is C26H30N4O3. The monoisotopic (exact) mass is 446 g/mol. The molecule has 0 amide bonds. The Hall–Kier alpha value is -3.21. The lowest BCUT2D eigenvalue weighted by Crippen LogP contribution is -2.28. The van der Waals surface area contributed by atoms with Gasteiger partial charge in [-0.05, 0) is 74.9 Å². The third-order valence-corrected chi connectivity index (χ3v) is 6.08. The van der Waals surface area contributed by atoms with E-state index in [2.05, 4.69) is 40.2 Å². The number of benzene rings is 2. The number of hydrogen-bond acceptors (Lipinski definition) is 7. The van der Waals surface area contributed by atoms with Gasteiger partial charge in [-0.3, -0.25) is 0 Å². The maximum Gasteiger partial charge on any atom is 0.258 e. The Balaban J connectivity index is 1.59. The molecule has 1 N–H and O–H groups in total. The van der Waals surface area contributed by atoms with E-state index in [0.29, 0.717) is 28.6 Å². The summed E-state index contributed by atoms with van der Waals surface area (Å²) in [5.41, 5.74) is 5.99. The summed E-state index contributed by atoms with van der Waals surface area (Å²) >= 11 is 0. The number of aliphatic hydroxyl groups is 1. The van der Waals surface area contributed by atoms with Crippen molar-refractivity contribution in [3.8, 4) is 34.7 Å². The maximum atomic E-state index is 9.51. The average Bonchev–Trinajstić information content (AvgIpc) is 3.19. The smallest absolute Gasteiger partial charge is 0.258 e. The molecular weight excluding hydrogens is 416 g/mol. The summed E-state index contributed by atoms with van der Waals surface area (Å²) in [6.45, 7) is 9.13. The molecule has 1 aromatic heterocycles. The number of aliphatic hydroxyl groups excluding tert-OH is 1. The number of hydrogen-bond donors (Lipinski definition) is 1. The van der Waals surface area contributed by atoms with Crippen LogP contribution in [0, 0.1) is 18.3 Å². The van der Waals surface area contributed by atoms with Crippen molar-refractivity contribution in [2.45, 2.75) is 46.1 Å². The molecule has 7 nitrogen and oxygen atoms in total. The SMILES string of the molecule is Cc1c(-c2noc(-c3ccc(OC(C)C)c(C#N)c3)n2)ccc2c1CCN(CCCO)CC2. The predicted molar refractivity (Wildman–Crippen MR) is 126 cm³/mol. The fraction of sp³-hybridized carbons (Fsp3) is 0.423. The standard InChI is InChI=1S/C26H30N4O3/c1-17(2)32-24-8-6-20(15-21(24)16-27)26-28-25(29-33-26)23-7-5-19-9-12-30(11-4-14-31)13-10-22(19)18(23)3/h5-8,15,17,31H,4,9-14H2,1-3H3. The Bertz CT molecular complexity index is 1160. The first-order valence-corrected chi connectivity index (χ1v) is 11.5. The lowest BCUT2D eigenvalue weighted by Gasteiger charge is -2.18. The normalized spacial score (nSPS) is 14.1. The van der Waals surface area contributed by atoms with Gasteiger partial charge in [-0.2, -0.15) is 10.2 Å². The number of nitrogens with zero attached hydrogens (tertiary/aromatic N) is 4. The van der Waals surface area contributed by atoms with Crippen LogP contribution in [0.3, 0.4) is 0 Å². The predicted octanol–water partition coefficient (Wildman–Crippen LogP) is 4.15. The van der Waals surface area contributed by atoms with Crippen molar-refractivity contribution in [1.82, 2.24) is 15.0 Å². The minimum absolute atomic E-state index is 0.0177. The molecule has 1 aliphatic rings. The lowest BCUT2D eigenvalue weighted by atomic mass is 9.93. The van der Waals surface area contributed by atoms with E-state index in [1.54, 1.807) is 12.1 Å². The first-order valence-electron chi connectivity index (χ1n) is 11.5. The molecule has 0 saturated carbocycles. The van der Waals surface area contributed by atoms with E-state index in [1.807, 2.05) is 19.9 Å². The van der Waals surface area contributed by atoms with Gasteiger partial charge in [-0.1, -0.05) is 17.3 Å². The van der Waals surface area contributed by atoms with Crippen molar-refractivity contribution in [1.29, 1.82) is 5.26 Å². The van der Waals surface area contributed by atoms with Gasteiger partial charge in [-0.25, -0.2) is 0 Å². The number of rotatable bonds is 7. The molecule has 1 aliphatic heterocycles.